The zero-order valence-electron chi connectivity index (χ0n) is 11.8. The smallest absolute Gasteiger partial charge is 0.125 e. The molecule has 0 spiro atoms. The quantitative estimate of drug-likeness (QED) is 0.712. The number of benzene rings is 1. The Morgan fingerprint density at radius 1 is 1.17 bits per heavy atom. The molecule has 0 aliphatic rings. The van der Waals surface area contributed by atoms with Gasteiger partial charge in [0.1, 0.15) is 5.82 Å². The van der Waals surface area contributed by atoms with E-state index in [2.05, 4.69) is 30.1 Å². The Morgan fingerprint density at radius 2 is 1.94 bits per heavy atom. The summed E-state index contributed by atoms with van der Waals surface area (Å²) in [5, 5.41) is 3.30. The molecule has 0 aromatic heterocycles. The highest BCUT2D eigenvalue weighted by atomic mass is 19.1. The molecule has 0 heterocycles. The summed E-state index contributed by atoms with van der Waals surface area (Å²) >= 11 is 0. The second-order valence-electron chi connectivity index (χ2n) is 4.77. The molecule has 0 atom stereocenters. The minimum absolute atomic E-state index is 0.149. The number of unbranched alkanes of at least 4 members (excludes halogenated alkanes) is 1. The van der Waals surface area contributed by atoms with Crippen LogP contribution in [-0.4, -0.2) is 20.1 Å². The Kier molecular flexibility index (Phi) is 6.73. The topological polar surface area (TPSA) is 15.3 Å². The molecule has 1 rings (SSSR count). The van der Waals surface area contributed by atoms with E-state index in [1.54, 1.807) is 12.1 Å². The van der Waals surface area contributed by atoms with Crippen molar-refractivity contribution in [2.45, 2.75) is 39.7 Å². The maximum atomic E-state index is 13.6. The normalized spacial score (nSPS) is 10.7. The lowest BCUT2D eigenvalue weighted by atomic mass is 10.1. The molecular formula is C15H25FN2. The van der Waals surface area contributed by atoms with Crippen molar-refractivity contribution in [3.8, 4) is 0 Å². The van der Waals surface area contributed by atoms with E-state index < -0.39 is 0 Å². The van der Waals surface area contributed by atoms with Crippen LogP contribution in [0.4, 0.5) is 10.1 Å². The van der Waals surface area contributed by atoms with E-state index in [0.29, 0.717) is 0 Å². The van der Waals surface area contributed by atoms with Gasteiger partial charge in [0.05, 0.1) is 0 Å². The van der Waals surface area contributed by atoms with Crippen LogP contribution in [0.3, 0.4) is 0 Å². The van der Waals surface area contributed by atoms with Gasteiger partial charge in [0.2, 0.25) is 0 Å². The highest BCUT2D eigenvalue weighted by Crippen LogP contribution is 2.18. The Morgan fingerprint density at radius 3 is 2.61 bits per heavy atom. The highest BCUT2D eigenvalue weighted by Gasteiger charge is 2.05. The highest BCUT2D eigenvalue weighted by molar-refractivity contribution is 5.48. The lowest BCUT2D eigenvalue weighted by Crippen LogP contribution is -2.19. The van der Waals surface area contributed by atoms with Crippen molar-refractivity contribution in [1.82, 2.24) is 5.32 Å². The predicted molar refractivity (Wildman–Crippen MR) is 76.6 cm³/mol. The molecule has 3 heteroatoms. The van der Waals surface area contributed by atoms with Crippen molar-refractivity contribution in [3.05, 3.63) is 29.6 Å². The van der Waals surface area contributed by atoms with Crippen molar-refractivity contribution in [2.24, 2.45) is 0 Å². The van der Waals surface area contributed by atoms with Gasteiger partial charge in [0.15, 0.2) is 0 Å². The molecule has 0 saturated carbocycles. The summed E-state index contributed by atoms with van der Waals surface area (Å²) in [7, 11) is 2.02. The zero-order chi connectivity index (χ0) is 13.4. The molecule has 0 radical (unpaired) electrons. The van der Waals surface area contributed by atoms with Crippen LogP contribution in [0.2, 0.25) is 0 Å². The number of nitrogens with one attached hydrogen (secondary N) is 1. The fourth-order valence-corrected chi connectivity index (χ4v) is 1.89. The number of rotatable bonds is 8. The van der Waals surface area contributed by atoms with E-state index in [9.17, 15) is 4.39 Å². The maximum Gasteiger partial charge on any atom is 0.125 e. The van der Waals surface area contributed by atoms with Gasteiger partial charge in [0.25, 0.3) is 0 Å². The monoisotopic (exact) mass is 252 g/mol. The van der Waals surface area contributed by atoms with Crippen molar-refractivity contribution < 1.29 is 4.39 Å². The number of anilines is 1. The Hall–Kier alpha value is -1.09. The van der Waals surface area contributed by atoms with E-state index in [0.717, 1.165) is 50.1 Å². The molecule has 0 fully saturated rings. The molecule has 1 N–H and O–H groups in total. The van der Waals surface area contributed by atoms with Gasteiger partial charge in [-0.1, -0.05) is 20.3 Å². The molecule has 0 aliphatic heterocycles. The first-order valence-corrected chi connectivity index (χ1v) is 6.88. The van der Waals surface area contributed by atoms with E-state index in [1.807, 2.05) is 7.05 Å². The van der Waals surface area contributed by atoms with Crippen LogP contribution < -0.4 is 10.2 Å². The number of nitrogens with zero attached hydrogens (tertiary/aromatic N) is 1. The molecule has 18 heavy (non-hydrogen) atoms. The molecular weight excluding hydrogens is 227 g/mol. The van der Waals surface area contributed by atoms with Crippen LogP contribution in [0, 0.1) is 5.82 Å². The third-order valence-electron chi connectivity index (χ3n) is 2.99. The van der Waals surface area contributed by atoms with E-state index >= 15 is 0 Å². The van der Waals surface area contributed by atoms with Crippen LogP contribution in [0.15, 0.2) is 18.2 Å². The third-order valence-corrected chi connectivity index (χ3v) is 2.99. The van der Waals surface area contributed by atoms with Crippen LogP contribution in [0.1, 0.15) is 38.7 Å². The van der Waals surface area contributed by atoms with Gasteiger partial charge in [-0.25, -0.2) is 4.39 Å². The summed E-state index contributed by atoms with van der Waals surface area (Å²) in [6, 6.07) is 5.29. The molecule has 0 unspecified atom stereocenters. The fourth-order valence-electron chi connectivity index (χ4n) is 1.89. The molecule has 0 aliphatic carbocycles. The summed E-state index contributed by atoms with van der Waals surface area (Å²) in [4.78, 5) is 2.12. The predicted octanol–water partition coefficient (Wildman–Crippen LogP) is 3.56. The van der Waals surface area contributed by atoms with Gasteiger partial charge in [-0.2, -0.15) is 0 Å². The molecule has 1 aromatic carbocycles. The van der Waals surface area contributed by atoms with Gasteiger partial charge in [0, 0.05) is 25.8 Å². The van der Waals surface area contributed by atoms with Crippen molar-refractivity contribution in [3.63, 3.8) is 0 Å². The fraction of sp³-hybridized carbons (Fsp3) is 0.600. The van der Waals surface area contributed by atoms with Crippen molar-refractivity contribution in [1.29, 1.82) is 0 Å². The molecule has 102 valence electrons. The van der Waals surface area contributed by atoms with Crippen molar-refractivity contribution >= 4 is 5.69 Å². The lowest BCUT2D eigenvalue weighted by molar-refractivity contribution is 0.618. The first-order chi connectivity index (χ1) is 8.67. The van der Waals surface area contributed by atoms with Gasteiger partial charge >= 0.3 is 0 Å². The maximum absolute atomic E-state index is 13.6. The SMILES string of the molecule is CCCCN(C)c1cc(F)cc(CNCCC)c1. The zero-order valence-corrected chi connectivity index (χ0v) is 11.8. The molecule has 0 saturated heterocycles. The van der Waals surface area contributed by atoms with Crippen LogP contribution in [0.5, 0.6) is 0 Å². The molecule has 1 aromatic rings. The second-order valence-corrected chi connectivity index (χ2v) is 4.77. The summed E-state index contributed by atoms with van der Waals surface area (Å²) in [5.74, 6) is -0.149. The molecule has 2 nitrogen and oxygen atoms in total. The first kappa shape index (κ1) is 15.0. The van der Waals surface area contributed by atoms with E-state index in [1.165, 1.54) is 0 Å². The number of hydrogen-bond acceptors (Lipinski definition) is 2. The van der Waals surface area contributed by atoms with Crippen LogP contribution in [-0.2, 0) is 6.54 Å². The summed E-state index contributed by atoms with van der Waals surface area (Å²) in [6.07, 6.45) is 3.39. The second kappa shape index (κ2) is 8.09. The Labute approximate surface area is 110 Å². The lowest BCUT2D eigenvalue weighted by Gasteiger charge is -2.20. The van der Waals surface area contributed by atoms with Crippen molar-refractivity contribution in [2.75, 3.05) is 25.0 Å². The van der Waals surface area contributed by atoms with Crippen LogP contribution in [0.25, 0.3) is 0 Å². The summed E-state index contributed by atoms with van der Waals surface area (Å²) in [6.45, 7) is 6.97. The molecule has 0 amide bonds. The minimum Gasteiger partial charge on any atom is -0.375 e. The third kappa shape index (κ3) is 5.05. The van der Waals surface area contributed by atoms with Gasteiger partial charge in [-0.15, -0.1) is 0 Å². The standard InChI is InChI=1S/C15H25FN2/c1-4-6-8-18(3)15-10-13(9-14(16)11-15)12-17-7-5-2/h9-11,17H,4-8,12H2,1-3H3. The van der Waals surface area contributed by atoms with Gasteiger partial charge in [-0.3, -0.25) is 0 Å². The minimum atomic E-state index is -0.149. The number of hydrogen-bond donors (Lipinski definition) is 1. The first-order valence-electron chi connectivity index (χ1n) is 6.88. The average Bonchev–Trinajstić information content (AvgIpc) is 2.35. The van der Waals surface area contributed by atoms with E-state index in [4.69, 9.17) is 0 Å². The van der Waals surface area contributed by atoms with Crippen LogP contribution >= 0.6 is 0 Å². The average molecular weight is 252 g/mol. The van der Waals surface area contributed by atoms with E-state index in [-0.39, 0.29) is 5.82 Å². The summed E-state index contributed by atoms with van der Waals surface area (Å²) < 4.78 is 13.6. The Bertz CT molecular complexity index is 352. The van der Waals surface area contributed by atoms with Gasteiger partial charge < -0.3 is 10.2 Å². The summed E-state index contributed by atoms with van der Waals surface area (Å²) in [5.41, 5.74) is 1.98. The largest absolute Gasteiger partial charge is 0.375 e. The molecule has 0 bridgehead atoms. The Balaban J connectivity index is 2.67. The number of halogens is 1. The van der Waals surface area contributed by atoms with Gasteiger partial charge in [-0.05, 0) is 43.1 Å².